The lowest BCUT2D eigenvalue weighted by Gasteiger charge is -2.25. The van der Waals surface area contributed by atoms with Gasteiger partial charge in [-0.1, -0.05) is 30.3 Å². The summed E-state index contributed by atoms with van der Waals surface area (Å²) in [5, 5.41) is 0. The molecule has 0 radical (unpaired) electrons. The molecule has 0 aromatic heterocycles. The van der Waals surface area contributed by atoms with Crippen LogP contribution in [-0.2, 0) is 18.0 Å². The predicted octanol–water partition coefficient (Wildman–Crippen LogP) is 4.97. The summed E-state index contributed by atoms with van der Waals surface area (Å²) in [6.45, 7) is 8.19. The van der Waals surface area contributed by atoms with Gasteiger partial charge >= 0.3 is 7.60 Å². The number of hydrogen-bond acceptors (Lipinski definition) is 4. The van der Waals surface area contributed by atoms with Crippen LogP contribution in [0.2, 0.25) is 19.6 Å². The molecule has 1 rings (SSSR count). The third kappa shape index (κ3) is 5.44. The van der Waals surface area contributed by atoms with Crippen LogP contribution >= 0.6 is 7.60 Å². The van der Waals surface area contributed by atoms with Crippen LogP contribution in [0.4, 0.5) is 0 Å². The van der Waals surface area contributed by atoms with Gasteiger partial charge in [-0.3, -0.25) is 4.57 Å². The van der Waals surface area contributed by atoms with Crippen molar-refractivity contribution in [3.05, 3.63) is 47.7 Å². The van der Waals surface area contributed by atoms with Crippen LogP contribution in [0.15, 0.2) is 42.2 Å². The van der Waals surface area contributed by atoms with Crippen molar-refractivity contribution in [2.75, 3.05) is 14.2 Å². The van der Waals surface area contributed by atoms with Crippen molar-refractivity contribution < 1.29 is 18.0 Å². The average molecular weight is 328 g/mol. The molecule has 0 N–H and O–H groups in total. The average Bonchev–Trinajstić information content (AvgIpc) is 2.43. The SMILES string of the molecule is COP(=O)(OC)C(/C=C(\C)O[Si](C)(C)C)c1ccccc1. The Morgan fingerprint density at radius 2 is 1.67 bits per heavy atom. The van der Waals surface area contributed by atoms with Gasteiger partial charge in [0, 0.05) is 14.2 Å². The number of rotatable bonds is 7. The first kappa shape index (κ1) is 18.2. The second kappa shape index (κ2) is 7.41. The fourth-order valence-corrected chi connectivity index (χ4v) is 4.63. The van der Waals surface area contributed by atoms with Crippen LogP contribution < -0.4 is 0 Å². The van der Waals surface area contributed by atoms with Crippen LogP contribution in [0.1, 0.15) is 18.1 Å². The zero-order valence-electron chi connectivity index (χ0n) is 13.6. The minimum atomic E-state index is -3.27. The Labute approximate surface area is 128 Å². The van der Waals surface area contributed by atoms with E-state index in [-0.39, 0.29) is 0 Å². The van der Waals surface area contributed by atoms with Crippen LogP contribution in [0, 0.1) is 0 Å². The summed E-state index contributed by atoms with van der Waals surface area (Å²) in [5.74, 6) is 0.748. The zero-order valence-corrected chi connectivity index (χ0v) is 15.5. The first-order chi connectivity index (χ1) is 9.72. The minimum absolute atomic E-state index is 0.481. The summed E-state index contributed by atoms with van der Waals surface area (Å²) in [6.07, 6.45) is 1.83. The molecule has 0 saturated heterocycles. The quantitative estimate of drug-likeness (QED) is 0.403. The molecule has 0 spiro atoms. The Kier molecular flexibility index (Phi) is 6.41. The van der Waals surface area contributed by atoms with Gasteiger partial charge in [-0.2, -0.15) is 0 Å². The van der Waals surface area contributed by atoms with E-state index in [1.807, 2.05) is 43.3 Å². The molecule has 0 bridgehead atoms. The molecule has 21 heavy (non-hydrogen) atoms. The molecule has 0 aliphatic rings. The van der Waals surface area contributed by atoms with E-state index in [1.165, 1.54) is 14.2 Å². The van der Waals surface area contributed by atoms with Gasteiger partial charge < -0.3 is 13.5 Å². The highest BCUT2D eigenvalue weighted by atomic mass is 31.2. The van der Waals surface area contributed by atoms with Gasteiger partial charge in [0.05, 0.1) is 5.76 Å². The van der Waals surface area contributed by atoms with E-state index in [9.17, 15) is 4.57 Å². The molecule has 4 nitrogen and oxygen atoms in total. The van der Waals surface area contributed by atoms with Crippen molar-refractivity contribution in [1.82, 2.24) is 0 Å². The third-order valence-electron chi connectivity index (χ3n) is 2.85. The Hall–Kier alpha value is -0.873. The minimum Gasteiger partial charge on any atom is -0.548 e. The molecule has 1 aromatic carbocycles. The van der Waals surface area contributed by atoms with E-state index in [0.29, 0.717) is 0 Å². The van der Waals surface area contributed by atoms with Gasteiger partial charge in [-0.25, -0.2) is 0 Å². The van der Waals surface area contributed by atoms with Crippen molar-refractivity contribution in [2.45, 2.75) is 32.2 Å². The largest absolute Gasteiger partial charge is 0.548 e. The van der Waals surface area contributed by atoms with Crippen molar-refractivity contribution in [3.63, 3.8) is 0 Å². The molecule has 1 unspecified atom stereocenters. The Morgan fingerprint density at radius 3 is 2.10 bits per heavy atom. The maximum atomic E-state index is 12.8. The van der Waals surface area contributed by atoms with Crippen molar-refractivity contribution in [1.29, 1.82) is 0 Å². The molecular weight excluding hydrogens is 303 g/mol. The fraction of sp³-hybridized carbons (Fsp3) is 0.467. The van der Waals surface area contributed by atoms with Crippen molar-refractivity contribution in [2.24, 2.45) is 0 Å². The zero-order chi connectivity index (χ0) is 16.1. The van der Waals surface area contributed by atoms with Crippen molar-refractivity contribution in [3.8, 4) is 0 Å². The summed E-state index contributed by atoms with van der Waals surface area (Å²) in [5.41, 5.74) is 0.396. The van der Waals surface area contributed by atoms with E-state index in [1.54, 1.807) is 0 Å². The molecule has 0 fully saturated rings. The normalized spacial score (nSPS) is 14.9. The number of allylic oxidation sites excluding steroid dienone is 2. The van der Waals surface area contributed by atoms with E-state index >= 15 is 0 Å². The summed E-state index contributed by atoms with van der Waals surface area (Å²) in [7, 11) is -2.17. The molecule has 0 heterocycles. The molecule has 0 saturated carbocycles. The van der Waals surface area contributed by atoms with Gasteiger partial charge in [0.1, 0.15) is 5.66 Å². The van der Waals surface area contributed by atoms with E-state index < -0.39 is 21.6 Å². The summed E-state index contributed by atoms with van der Waals surface area (Å²) in [6, 6.07) is 9.54. The lowest BCUT2D eigenvalue weighted by atomic mass is 10.1. The highest BCUT2D eigenvalue weighted by molar-refractivity contribution is 7.54. The first-order valence-electron chi connectivity index (χ1n) is 6.85. The summed E-state index contributed by atoms with van der Waals surface area (Å²) < 4.78 is 29.1. The smallest absolute Gasteiger partial charge is 0.341 e. The van der Waals surface area contributed by atoms with E-state index in [0.717, 1.165) is 11.3 Å². The fourth-order valence-electron chi connectivity index (χ4n) is 2.06. The molecule has 0 aliphatic carbocycles. The molecule has 1 atom stereocenters. The summed E-state index contributed by atoms with van der Waals surface area (Å²) in [4.78, 5) is 0. The molecule has 0 amide bonds. The van der Waals surface area contributed by atoms with Crippen LogP contribution in [0.25, 0.3) is 0 Å². The van der Waals surface area contributed by atoms with Gasteiger partial charge in [0.2, 0.25) is 8.32 Å². The maximum Gasteiger partial charge on any atom is 0.341 e. The second-order valence-corrected chi connectivity index (χ2v) is 12.5. The van der Waals surface area contributed by atoms with Crippen LogP contribution in [0.3, 0.4) is 0 Å². The van der Waals surface area contributed by atoms with E-state index in [4.69, 9.17) is 13.5 Å². The maximum absolute atomic E-state index is 12.8. The number of benzene rings is 1. The Morgan fingerprint density at radius 1 is 1.14 bits per heavy atom. The summed E-state index contributed by atoms with van der Waals surface area (Å²) >= 11 is 0. The third-order valence-corrected chi connectivity index (χ3v) is 5.93. The first-order valence-corrected chi connectivity index (χ1v) is 11.9. The second-order valence-electron chi connectivity index (χ2n) is 5.75. The van der Waals surface area contributed by atoms with Crippen molar-refractivity contribution >= 4 is 15.9 Å². The van der Waals surface area contributed by atoms with Gasteiger partial charge in [0.25, 0.3) is 0 Å². The Bertz CT molecular complexity index is 514. The predicted molar refractivity (Wildman–Crippen MR) is 89.0 cm³/mol. The molecule has 1 aromatic rings. The van der Waals surface area contributed by atoms with Crippen LogP contribution in [0.5, 0.6) is 0 Å². The monoisotopic (exact) mass is 328 g/mol. The lowest BCUT2D eigenvalue weighted by molar-refractivity contribution is 0.269. The van der Waals surface area contributed by atoms with Gasteiger partial charge in [0.15, 0.2) is 0 Å². The molecule has 118 valence electrons. The van der Waals surface area contributed by atoms with E-state index in [2.05, 4.69) is 19.6 Å². The highest BCUT2D eigenvalue weighted by Crippen LogP contribution is 2.60. The van der Waals surface area contributed by atoms with Gasteiger partial charge in [-0.05, 0) is 38.2 Å². The number of hydrogen-bond donors (Lipinski definition) is 0. The molecule has 6 heteroatoms. The van der Waals surface area contributed by atoms with Gasteiger partial charge in [-0.15, -0.1) is 0 Å². The topological polar surface area (TPSA) is 44.8 Å². The molecule has 0 aliphatic heterocycles. The van der Waals surface area contributed by atoms with Crippen LogP contribution in [-0.4, -0.2) is 22.5 Å². The Balaban J connectivity index is 3.21. The highest BCUT2D eigenvalue weighted by Gasteiger charge is 2.34. The lowest BCUT2D eigenvalue weighted by Crippen LogP contribution is -2.24. The standard InChI is InChI=1S/C15H25O4PSi/c1-13(19-21(4,5)6)12-15(20(16,17-2)18-3)14-10-8-7-9-11-14/h7-12,15H,1-6H3/b13-12+. The molecular formula is C15H25O4PSi.